The Morgan fingerprint density at radius 2 is 1.83 bits per heavy atom. The van der Waals surface area contributed by atoms with Crippen molar-refractivity contribution >= 4 is 50.5 Å². The molecule has 0 bridgehead atoms. The molecule has 3 rings (SSSR count). The van der Waals surface area contributed by atoms with Crippen LogP contribution in [0.2, 0.25) is 10.0 Å². The molecule has 0 saturated heterocycles. The number of benzene rings is 2. The molecule has 0 radical (unpaired) electrons. The van der Waals surface area contributed by atoms with Crippen LogP contribution in [-0.4, -0.2) is 14.3 Å². The van der Waals surface area contributed by atoms with Crippen molar-refractivity contribution < 1.29 is 17.6 Å². The third-order valence-corrected chi connectivity index (χ3v) is 5.65. The maximum Gasteiger partial charge on any atom is 0.264 e. The Balaban J connectivity index is 1.97. The molecule has 2 N–H and O–H groups in total. The molecule has 2 aromatic carbocycles. The van der Waals surface area contributed by atoms with E-state index in [1.807, 2.05) is 0 Å². The fourth-order valence-electron chi connectivity index (χ4n) is 2.36. The number of halogens is 3. The molecule has 126 valence electrons. The van der Waals surface area contributed by atoms with E-state index in [-0.39, 0.29) is 33.7 Å². The van der Waals surface area contributed by atoms with Gasteiger partial charge in [0, 0.05) is 12.1 Å². The molecule has 0 fully saturated rings. The van der Waals surface area contributed by atoms with Gasteiger partial charge in [-0.15, -0.1) is 0 Å². The summed E-state index contributed by atoms with van der Waals surface area (Å²) in [6.45, 7) is 0. The van der Waals surface area contributed by atoms with E-state index in [4.69, 9.17) is 23.2 Å². The maximum atomic E-state index is 14.2. The first-order valence-corrected chi connectivity index (χ1v) is 9.10. The number of hydrogen-bond acceptors (Lipinski definition) is 3. The second-order valence-corrected chi connectivity index (χ2v) is 7.69. The van der Waals surface area contributed by atoms with Gasteiger partial charge in [-0.25, -0.2) is 12.8 Å². The van der Waals surface area contributed by atoms with Crippen LogP contribution >= 0.6 is 23.2 Å². The van der Waals surface area contributed by atoms with E-state index in [1.165, 1.54) is 24.3 Å². The third kappa shape index (κ3) is 3.33. The van der Waals surface area contributed by atoms with Crippen molar-refractivity contribution in [3.63, 3.8) is 0 Å². The number of carbonyl (C=O) groups is 1. The smallest absolute Gasteiger partial charge is 0.264 e. The molecule has 1 amide bonds. The molecule has 0 unspecified atom stereocenters. The number of anilines is 2. The summed E-state index contributed by atoms with van der Waals surface area (Å²) in [7, 11) is -4.16. The Morgan fingerprint density at radius 1 is 1.08 bits per heavy atom. The summed E-state index contributed by atoms with van der Waals surface area (Å²) < 4.78 is 41.4. The Labute approximate surface area is 147 Å². The number of fused-ring (bicyclic) bond motifs is 1. The van der Waals surface area contributed by atoms with E-state index in [9.17, 15) is 17.6 Å². The standard InChI is InChI=1S/C15H11Cl2FN2O3S/c16-10-3-2-9(6-11(10)17)20-24(22,23)14-5-8-1-4-15(21)19-13(8)7-12(14)18/h2-3,5-7,20H,1,4H2,(H,19,21). The lowest BCUT2D eigenvalue weighted by atomic mass is 10.0. The van der Waals surface area contributed by atoms with Gasteiger partial charge in [-0.3, -0.25) is 9.52 Å². The van der Waals surface area contributed by atoms with Gasteiger partial charge in [0.25, 0.3) is 10.0 Å². The monoisotopic (exact) mass is 388 g/mol. The van der Waals surface area contributed by atoms with Gasteiger partial charge in [0.05, 0.1) is 15.7 Å². The molecule has 9 heteroatoms. The Bertz CT molecular complexity index is 948. The minimum Gasteiger partial charge on any atom is -0.326 e. The first kappa shape index (κ1) is 17.0. The molecular weight excluding hydrogens is 378 g/mol. The number of rotatable bonds is 3. The van der Waals surface area contributed by atoms with E-state index >= 15 is 0 Å². The van der Waals surface area contributed by atoms with E-state index in [1.54, 1.807) is 0 Å². The Kier molecular flexibility index (Phi) is 4.42. The largest absolute Gasteiger partial charge is 0.326 e. The quantitative estimate of drug-likeness (QED) is 0.838. The lowest BCUT2D eigenvalue weighted by Gasteiger charge is -2.18. The van der Waals surface area contributed by atoms with Gasteiger partial charge < -0.3 is 5.32 Å². The van der Waals surface area contributed by atoms with Gasteiger partial charge in [-0.05, 0) is 42.3 Å². The van der Waals surface area contributed by atoms with Crippen LogP contribution in [0.15, 0.2) is 35.2 Å². The molecule has 1 aliphatic heterocycles. The van der Waals surface area contributed by atoms with Crippen molar-refractivity contribution in [1.29, 1.82) is 0 Å². The van der Waals surface area contributed by atoms with Crippen LogP contribution < -0.4 is 10.0 Å². The summed E-state index contributed by atoms with van der Waals surface area (Å²) in [5, 5.41) is 2.96. The van der Waals surface area contributed by atoms with Crippen LogP contribution in [0.25, 0.3) is 0 Å². The van der Waals surface area contributed by atoms with Gasteiger partial charge in [0.15, 0.2) is 0 Å². The van der Waals surface area contributed by atoms with Crippen LogP contribution in [0.5, 0.6) is 0 Å². The Hall–Kier alpha value is -1.83. The second kappa shape index (κ2) is 6.23. The Morgan fingerprint density at radius 3 is 2.54 bits per heavy atom. The fraction of sp³-hybridized carbons (Fsp3) is 0.133. The molecule has 5 nitrogen and oxygen atoms in total. The summed E-state index contributed by atoms with van der Waals surface area (Å²) in [5.74, 6) is -1.19. The summed E-state index contributed by atoms with van der Waals surface area (Å²) in [5.41, 5.74) is 1.01. The van der Waals surface area contributed by atoms with E-state index < -0.39 is 20.7 Å². The van der Waals surface area contributed by atoms with Crippen molar-refractivity contribution in [3.05, 3.63) is 51.8 Å². The van der Waals surface area contributed by atoms with E-state index in [2.05, 4.69) is 10.0 Å². The number of sulfonamides is 1. The zero-order chi connectivity index (χ0) is 17.5. The highest BCUT2D eigenvalue weighted by Gasteiger charge is 2.24. The SMILES string of the molecule is O=C1CCc2cc(S(=O)(=O)Nc3ccc(Cl)c(Cl)c3)c(F)cc2N1. The number of nitrogens with one attached hydrogen (secondary N) is 2. The minimum atomic E-state index is -4.16. The average molecular weight is 389 g/mol. The zero-order valence-corrected chi connectivity index (χ0v) is 14.4. The summed E-state index contributed by atoms with van der Waals surface area (Å²) in [6.07, 6.45) is 0.565. The highest BCUT2D eigenvalue weighted by Crippen LogP contribution is 2.30. The highest BCUT2D eigenvalue weighted by molar-refractivity contribution is 7.92. The molecule has 0 aliphatic carbocycles. The van der Waals surface area contributed by atoms with Crippen molar-refractivity contribution in [2.45, 2.75) is 17.7 Å². The molecule has 2 aromatic rings. The van der Waals surface area contributed by atoms with Gasteiger partial charge >= 0.3 is 0 Å². The molecule has 1 aliphatic rings. The van der Waals surface area contributed by atoms with Crippen molar-refractivity contribution in [3.8, 4) is 0 Å². The van der Waals surface area contributed by atoms with Gasteiger partial charge in [-0.1, -0.05) is 23.2 Å². The van der Waals surface area contributed by atoms with E-state index in [0.717, 1.165) is 6.07 Å². The van der Waals surface area contributed by atoms with Gasteiger partial charge in [0.1, 0.15) is 10.7 Å². The number of amides is 1. The molecule has 0 aromatic heterocycles. The second-order valence-electron chi connectivity index (χ2n) is 5.22. The van der Waals surface area contributed by atoms with Crippen molar-refractivity contribution in [2.75, 3.05) is 10.0 Å². The summed E-state index contributed by atoms with van der Waals surface area (Å²) in [6, 6.07) is 6.42. The number of carbonyl (C=O) groups excluding carboxylic acids is 1. The fourth-order valence-corrected chi connectivity index (χ4v) is 3.81. The highest BCUT2D eigenvalue weighted by atomic mass is 35.5. The zero-order valence-electron chi connectivity index (χ0n) is 12.1. The topological polar surface area (TPSA) is 75.3 Å². The van der Waals surface area contributed by atoms with Crippen LogP contribution in [0.1, 0.15) is 12.0 Å². The summed E-state index contributed by atoms with van der Waals surface area (Å²) in [4.78, 5) is 10.8. The van der Waals surface area contributed by atoms with Gasteiger partial charge in [-0.2, -0.15) is 0 Å². The van der Waals surface area contributed by atoms with Gasteiger partial charge in [0.2, 0.25) is 5.91 Å². The minimum absolute atomic E-state index is 0.162. The molecular formula is C15H11Cl2FN2O3S. The molecule has 1 heterocycles. The van der Waals surface area contributed by atoms with Crippen molar-refractivity contribution in [2.24, 2.45) is 0 Å². The lowest BCUT2D eigenvalue weighted by Crippen LogP contribution is -2.21. The van der Waals surface area contributed by atoms with Crippen LogP contribution in [-0.2, 0) is 21.2 Å². The third-order valence-electron chi connectivity index (χ3n) is 3.51. The molecule has 24 heavy (non-hydrogen) atoms. The predicted octanol–water partition coefficient (Wildman–Crippen LogP) is 3.82. The first-order chi connectivity index (χ1) is 11.3. The first-order valence-electron chi connectivity index (χ1n) is 6.86. The van der Waals surface area contributed by atoms with Crippen molar-refractivity contribution in [1.82, 2.24) is 0 Å². The normalized spacial score (nSPS) is 14.0. The molecule has 0 atom stereocenters. The van der Waals surface area contributed by atoms with Crippen LogP contribution in [0.3, 0.4) is 0 Å². The lowest BCUT2D eigenvalue weighted by molar-refractivity contribution is -0.116. The average Bonchev–Trinajstić information content (AvgIpc) is 2.49. The number of aryl methyl sites for hydroxylation is 1. The van der Waals surface area contributed by atoms with Crippen LogP contribution in [0, 0.1) is 5.82 Å². The molecule has 0 spiro atoms. The predicted molar refractivity (Wildman–Crippen MR) is 90.6 cm³/mol. The number of hydrogen-bond donors (Lipinski definition) is 2. The van der Waals surface area contributed by atoms with E-state index in [0.29, 0.717) is 12.0 Å². The maximum absolute atomic E-state index is 14.2. The molecule has 0 saturated carbocycles. The van der Waals surface area contributed by atoms with Crippen LogP contribution in [0.4, 0.5) is 15.8 Å². The summed E-state index contributed by atoms with van der Waals surface area (Å²) >= 11 is 11.6.